The van der Waals surface area contributed by atoms with E-state index in [-0.39, 0.29) is 0 Å². The zero-order valence-electron chi connectivity index (χ0n) is 18.7. The number of nitrogens with two attached hydrogens (primary N) is 1. The van der Waals surface area contributed by atoms with Crippen molar-refractivity contribution in [2.75, 3.05) is 23.8 Å². The molecule has 1 atom stereocenters. The Morgan fingerprint density at radius 1 is 1.18 bits per heavy atom. The monoisotopic (exact) mass is 441 g/mol. The summed E-state index contributed by atoms with van der Waals surface area (Å²) >= 11 is 0. The Hall–Kier alpha value is -3.68. The summed E-state index contributed by atoms with van der Waals surface area (Å²) in [5.41, 5.74) is 13.0. The third-order valence-corrected chi connectivity index (χ3v) is 6.90. The summed E-state index contributed by atoms with van der Waals surface area (Å²) in [5.74, 6) is 3.08. The molecule has 0 radical (unpaired) electrons. The van der Waals surface area contributed by atoms with Gasteiger partial charge >= 0.3 is 0 Å². The van der Waals surface area contributed by atoms with Gasteiger partial charge in [-0.25, -0.2) is 15.0 Å². The molecular weight excluding hydrogens is 414 g/mol. The summed E-state index contributed by atoms with van der Waals surface area (Å²) in [7, 11) is 0. The zero-order chi connectivity index (χ0) is 22.4. The summed E-state index contributed by atoms with van der Waals surface area (Å²) in [6, 6.07) is 8.37. The van der Waals surface area contributed by atoms with Crippen LogP contribution in [0, 0.1) is 5.92 Å². The van der Waals surface area contributed by atoms with Crippen molar-refractivity contribution in [3.05, 3.63) is 53.6 Å². The van der Waals surface area contributed by atoms with Crippen molar-refractivity contribution in [1.82, 2.24) is 24.9 Å². The molecule has 0 amide bonds. The Bertz CT molecular complexity index is 1330. The number of aryl methyl sites for hydroxylation is 1. The van der Waals surface area contributed by atoms with E-state index in [9.17, 15) is 0 Å². The molecule has 1 aliphatic carbocycles. The quantitative estimate of drug-likeness (QED) is 0.496. The molecule has 33 heavy (non-hydrogen) atoms. The number of hydrogen-bond donors (Lipinski definition) is 2. The highest BCUT2D eigenvalue weighted by atomic mass is 16.5. The van der Waals surface area contributed by atoms with Gasteiger partial charge in [-0.15, -0.1) is 0 Å². The van der Waals surface area contributed by atoms with Gasteiger partial charge in [0, 0.05) is 35.1 Å². The van der Waals surface area contributed by atoms with Gasteiger partial charge in [-0.2, -0.15) is 4.98 Å². The number of rotatable bonds is 3. The van der Waals surface area contributed by atoms with Crippen molar-refractivity contribution in [2.24, 2.45) is 5.92 Å². The summed E-state index contributed by atoms with van der Waals surface area (Å²) in [4.78, 5) is 23.4. The van der Waals surface area contributed by atoms with Crippen LogP contribution >= 0.6 is 0 Å². The van der Waals surface area contributed by atoms with Crippen molar-refractivity contribution in [3.8, 4) is 16.9 Å². The smallest absolute Gasteiger partial charge is 0.200 e. The molecule has 0 bridgehead atoms. The van der Waals surface area contributed by atoms with E-state index in [1.807, 2.05) is 12.3 Å². The van der Waals surface area contributed by atoms with Crippen LogP contribution in [0.4, 0.5) is 11.8 Å². The first-order chi connectivity index (χ1) is 16.2. The highest BCUT2D eigenvalue weighted by Crippen LogP contribution is 2.35. The maximum Gasteiger partial charge on any atom is 0.200 e. The number of hydrogen-bond acceptors (Lipinski definition) is 7. The molecule has 4 aromatic rings. The van der Waals surface area contributed by atoms with Crippen LogP contribution in [0.2, 0.25) is 0 Å². The molecular formula is C25H27N7O. The maximum absolute atomic E-state index is 6.12. The van der Waals surface area contributed by atoms with Crippen molar-refractivity contribution < 1.29 is 4.74 Å². The number of nitrogen functional groups attached to an aromatic ring is 1. The van der Waals surface area contributed by atoms with Crippen LogP contribution < -0.4 is 15.4 Å². The minimum absolute atomic E-state index is 0.374. The number of anilines is 2. The molecule has 168 valence electrons. The number of ether oxygens (including phenoxy) is 1. The molecule has 3 aromatic heterocycles. The highest BCUT2D eigenvalue weighted by molar-refractivity contribution is 5.79. The Labute approximate surface area is 192 Å². The van der Waals surface area contributed by atoms with Gasteiger partial charge in [0.15, 0.2) is 11.6 Å². The number of aromatic amines is 1. The van der Waals surface area contributed by atoms with Crippen molar-refractivity contribution in [1.29, 1.82) is 0 Å². The second-order valence-corrected chi connectivity index (χ2v) is 8.95. The SMILES string of the molecule is CCC1CCc2ncnc(N3CCOc4ccc(-c5cnc6nc(N)[nH]c6c5)cc4C3)c2C1. The van der Waals surface area contributed by atoms with Crippen LogP contribution in [0.15, 0.2) is 36.8 Å². The fourth-order valence-electron chi connectivity index (χ4n) is 5.05. The molecule has 4 heterocycles. The molecule has 8 nitrogen and oxygen atoms in total. The number of benzene rings is 1. The van der Waals surface area contributed by atoms with Crippen LogP contribution in [-0.2, 0) is 19.4 Å². The van der Waals surface area contributed by atoms with Gasteiger partial charge in [0.1, 0.15) is 24.5 Å². The van der Waals surface area contributed by atoms with E-state index in [4.69, 9.17) is 15.5 Å². The fraction of sp³-hybridized carbons (Fsp3) is 0.360. The van der Waals surface area contributed by atoms with Crippen molar-refractivity contribution in [3.63, 3.8) is 0 Å². The zero-order valence-corrected chi connectivity index (χ0v) is 18.7. The second kappa shape index (κ2) is 8.03. The van der Waals surface area contributed by atoms with Gasteiger partial charge in [0.25, 0.3) is 0 Å². The Balaban J connectivity index is 1.35. The largest absolute Gasteiger partial charge is 0.491 e. The Morgan fingerprint density at radius 2 is 2.12 bits per heavy atom. The van der Waals surface area contributed by atoms with Gasteiger partial charge in [-0.3, -0.25) is 0 Å². The minimum Gasteiger partial charge on any atom is -0.491 e. The maximum atomic E-state index is 6.12. The molecule has 1 aromatic carbocycles. The lowest BCUT2D eigenvalue weighted by molar-refractivity contribution is 0.331. The second-order valence-electron chi connectivity index (χ2n) is 8.95. The van der Waals surface area contributed by atoms with E-state index in [0.29, 0.717) is 24.1 Å². The molecule has 2 aliphatic rings. The predicted molar refractivity (Wildman–Crippen MR) is 128 cm³/mol. The normalized spacial score (nSPS) is 17.8. The van der Waals surface area contributed by atoms with E-state index in [2.05, 4.69) is 50.0 Å². The van der Waals surface area contributed by atoms with E-state index in [1.54, 1.807) is 6.33 Å². The van der Waals surface area contributed by atoms with Gasteiger partial charge in [-0.1, -0.05) is 19.4 Å². The highest BCUT2D eigenvalue weighted by Gasteiger charge is 2.26. The molecule has 0 saturated heterocycles. The first kappa shape index (κ1) is 20.0. The Morgan fingerprint density at radius 3 is 3.03 bits per heavy atom. The topological polar surface area (TPSA) is 106 Å². The van der Waals surface area contributed by atoms with Gasteiger partial charge in [-0.05, 0) is 48.9 Å². The van der Waals surface area contributed by atoms with Crippen LogP contribution in [0.5, 0.6) is 5.75 Å². The summed E-state index contributed by atoms with van der Waals surface area (Å²) < 4.78 is 6.12. The third-order valence-electron chi connectivity index (χ3n) is 6.90. The number of nitrogens with one attached hydrogen (secondary N) is 1. The molecule has 3 N–H and O–H groups in total. The minimum atomic E-state index is 0.374. The molecule has 0 saturated carbocycles. The van der Waals surface area contributed by atoms with E-state index < -0.39 is 0 Å². The number of H-pyrrole nitrogens is 1. The molecule has 6 rings (SSSR count). The fourth-order valence-corrected chi connectivity index (χ4v) is 5.05. The number of nitrogens with zero attached hydrogens (tertiary/aromatic N) is 5. The first-order valence-corrected chi connectivity index (χ1v) is 11.6. The average molecular weight is 442 g/mol. The third kappa shape index (κ3) is 3.65. The summed E-state index contributed by atoms with van der Waals surface area (Å²) in [6.07, 6.45) is 8.08. The number of aromatic nitrogens is 5. The summed E-state index contributed by atoms with van der Waals surface area (Å²) in [6.45, 7) is 4.45. The van der Waals surface area contributed by atoms with Crippen LogP contribution in [-0.4, -0.2) is 38.1 Å². The predicted octanol–water partition coefficient (Wildman–Crippen LogP) is 3.91. The van der Waals surface area contributed by atoms with E-state index in [0.717, 1.165) is 59.7 Å². The van der Waals surface area contributed by atoms with Gasteiger partial charge < -0.3 is 20.4 Å². The van der Waals surface area contributed by atoms with Crippen LogP contribution in [0.25, 0.3) is 22.3 Å². The van der Waals surface area contributed by atoms with Crippen LogP contribution in [0.3, 0.4) is 0 Å². The van der Waals surface area contributed by atoms with Crippen LogP contribution in [0.1, 0.15) is 36.6 Å². The number of pyridine rings is 1. The lowest BCUT2D eigenvalue weighted by Crippen LogP contribution is -2.29. The van der Waals surface area contributed by atoms with Gasteiger partial charge in [0.05, 0.1) is 12.1 Å². The number of imidazole rings is 1. The van der Waals surface area contributed by atoms with E-state index in [1.165, 1.54) is 24.1 Å². The first-order valence-electron chi connectivity index (χ1n) is 11.6. The van der Waals surface area contributed by atoms with E-state index >= 15 is 0 Å². The summed E-state index contributed by atoms with van der Waals surface area (Å²) in [5, 5.41) is 0. The molecule has 0 fully saturated rings. The average Bonchev–Trinajstić information content (AvgIpc) is 3.09. The standard InChI is InChI=1S/C25H27N7O/c1-2-15-3-5-20-19(9-15)24(29-14-28-20)32-7-8-33-22-6-4-16(10-18(22)13-32)17-11-21-23(27-12-17)31-25(26)30-21/h4,6,10-12,14-15H,2-3,5,7-9,13H2,1H3,(H3,26,27,30,31). The molecule has 0 spiro atoms. The Kier molecular flexibility index (Phi) is 4.86. The lowest BCUT2D eigenvalue weighted by atomic mass is 9.85. The lowest BCUT2D eigenvalue weighted by Gasteiger charge is -2.29. The number of fused-ring (bicyclic) bond motifs is 3. The molecule has 1 unspecified atom stereocenters. The van der Waals surface area contributed by atoms with Crippen molar-refractivity contribution in [2.45, 2.75) is 39.2 Å². The van der Waals surface area contributed by atoms with Gasteiger partial charge in [0.2, 0.25) is 0 Å². The molecule has 1 aliphatic heterocycles. The van der Waals surface area contributed by atoms with Crippen molar-refractivity contribution >= 4 is 22.9 Å². The molecule has 8 heteroatoms.